The van der Waals surface area contributed by atoms with Gasteiger partial charge in [0.15, 0.2) is 0 Å². The summed E-state index contributed by atoms with van der Waals surface area (Å²) in [5.41, 5.74) is 0.840. The Hall–Kier alpha value is -1.93. The molecule has 0 radical (unpaired) electrons. The molecule has 0 bridgehead atoms. The molecule has 1 saturated heterocycles. The van der Waals surface area contributed by atoms with Crippen LogP contribution >= 0.6 is 0 Å². The van der Waals surface area contributed by atoms with Crippen LogP contribution in [0.5, 0.6) is 0 Å². The molecule has 1 aliphatic rings. The maximum absolute atomic E-state index is 12.6. The molecule has 1 heterocycles. The number of piperidine rings is 1. The monoisotopic (exact) mass is 381 g/mol. The second-order valence-electron chi connectivity index (χ2n) is 6.78. The van der Waals surface area contributed by atoms with E-state index in [0.29, 0.717) is 30.6 Å². The number of amides is 2. The quantitative estimate of drug-likeness (QED) is 0.786. The van der Waals surface area contributed by atoms with E-state index >= 15 is 0 Å². The number of hydrogen-bond acceptors (Lipinski definition) is 4. The van der Waals surface area contributed by atoms with Gasteiger partial charge in [0, 0.05) is 19.1 Å². The van der Waals surface area contributed by atoms with Gasteiger partial charge in [0.05, 0.1) is 23.4 Å². The number of hydrogen-bond donors (Lipinski definition) is 2. The van der Waals surface area contributed by atoms with Crippen molar-refractivity contribution in [1.29, 1.82) is 0 Å². The molecular formula is C18H27N3O4S. The van der Waals surface area contributed by atoms with Crippen LogP contribution < -0.4 is 10.6 Å². The normalized spacial score (nSPS) is 19.6. The van der Waals surface area contributed by atoms with Crippen LogP contribution in [-0.4, -0.2) is 49.9 Å². The van der Waals surface area contributed by atoms with Crippen LogP contribution in [0.4, 0.5) is 5.69 Å². The van der Waals surface area contributed by atoms with Gasteiger partial charge in [-0.2, -0.15) is 0 Å². The van der Waals surface area contributed by atoms with Crippen molar-refractivity contribution in [3.63, 3.8) is 0 Å². The Bertz CT molecular complexity index is 763. The topological polar surface area (TPSA) is 95.6 Å². The van der Waals surface area contributed by atoms with Gasteiger partial charge in [-0.1, -0.05) is 19.1 Å². The van der Waals surface area contributed by atoms with E-state index in [1.54, 1.807) is 24.3 Å². The molecule has 1 aliphatic heterocycles. The minimum Gasteiger partial charge on any atom is -0.350 e. The standard InChI is InChI=1S/C18H27N3O4S/c1-4-13(2)19-18(23)15-9-5-6-10-16(15)20-17(22)14-8-7-11-21(12-14)26(3,24)25/h5-6,9-10,13-14H,4,7-8,11-12H2,1-3H3,(H,19,23)(H,20,22)/t13-,14+/m1/s1. The zero-order chi connectivity index (χ0) is 19.3. The first-order chi connectivity index (χ1) is 12.2. The molecule has 0 spiro atoms. The highest BCUT2D eigenvalue weighted by Gasteiger charge is 2.30. The average Bonchev–Trinajstić information content (AvgIpc) is 2.61. The van der Waals surface area contributed by atoms with Gasteiger partial charge in [0.25, 0.3) is 5.91 Å². The molecule has 1 aromatic rings. The first-order valence-corrected chi connectivity index (χ1v) is 10.7. The molecule has 2 atom stereocenters. The summed E-state index contributed by atoms with van der Waals surface area (Å²) in [6.07, 6.45) is 3.23. The summed E-state index contributed by atoms with van der Waals surface area (Å²) in [6.45, 7) is 4.51. The zero-order valence-corrected chi connectivity index (χ0v) is 16.3. The van der Waals surface area contributed by atoms with E-state index < -0.39 is 15.9 Å². The number of sulfonamides is 1. The van der Waals surface area contributed by atoms with Crippen molar-refractivity contribution < 1.29 is 18.0 Å². The van der Waals surface area contributed by atoms with Crippen molar-refractivity contribution in [2.45, 2.75) is 39.2 Å². The molecule has 144 valence electrons. The SMILES string of the molecule is CC[C@@H](C)NC(=O)c1ccccc1NC(=O)[C@H]1CCCN(S(C)(=O)=O)C1. The summed E-state index contributed by atoms with van der Waals surface area (Å²) in [5.74, 6) is -0.928. The lowest BCUT2D eigenvalue weighted by Crippen LogP contribution is -2.43. The van der Waals surface area contributed by atoms with E-state index in [2.05, 4.69) is 10.6 Å². The van der Waals surface area contributed by atoms with Gasteiger partial charge in [-0.15, -0.1) is 0 Å². The fraction of sp³-hybridized carbons (Fsp3) is 0.556. The fourth-order valence-corrected chi connectivity index (χ4v) is 3.80. The molecule has 1 aromatic carbocycles. The van der Waals surface area contributed by atoms with Crippen LogP contribution in [0.25, 0.3) is 0 Å². The lowest BCUT2D eigenvalue weighted by Gasteiger charge is -2.30. The smallest absolute Gasteiger partial charge is 0.253 e. The summed E-state index contributed by atoms with van der Waals surface area (Å²) in [4.78, 5) is 25.1. The Balaban J connectivity index is 2.11. The number of para-hydroxylation sites is 1. The third-order valence-electron chi connectivity index (χ3n) is 4.64. The van der Waals surface area contributed by atoms with E-state index in [1.165, 1.54) is 4.31 Å². The van der Waals surface area contributed by atoms with Crippen LogP contribution in [0.1, 0.15) is 43.5 Å². The molecule has 2 amide bonds. The van der Waals surface area contributed by atoms with Crippen molar-refractivity contribution >= 4 is 27.5 Å². The maximum Gasteiger partial charge on any atom is 0.253 e. The van der Waals surface area contributed by atoms with Gasteiger partial charge in [-0.3, -0.25) is 9.59 Å². The predicted octanol–water partition coefficient (Wildman–Crippen LogP) is 1.83. The molecule has 8 heteroatoms. The van der Waals surface area contributed by atoms with Crippen molar-refractivity contribution in [3.8, 4) is 0 Å². The van der Waals surface area contributed by atoms with Crippen molar-refractivity contribution in [2.75, 3.05) is 24.7 Å². The molecule has 0 saturated carbocycles. The van der Waals surface area contributed by atoms with Crippen LogP contribution in [0.3, 0.4) is 0 Å². The lowest BCUT2D eigenvalue weighted by molar-refractivity contribution is -0.120. The van der Waals surface area contributed by atoms with E-state index in [9.17, 15) is 18.0 Å². The maximum atomic E-state index is 12.6. The minimum atomic E-state index is -3.31. The summed E-state index contributed by atoms with van der Waals surface area (Å²) in [6, 6.07) is 6.87. The van der Waals surface area contributed by atoms with Crippen molar-refractivity contribution in [1.82, 2.24) is 9.62 Å². The molecule has 0 aliphatic carbocycles. The molecule has 2 rings (SSSR count). The number of carbonyl (C=O) groups excluding carboxylic acids is 2. The fourth-order valence-electron chi connectivity index (χ4n) is 2.89. The van der Waals surface area contributed by atoms with E-state index in [4.69, 9.17) is 0 Å². The van der Waals surface area contributed by atoms with Crippen molar-refractivity contribution in [3.05, 3.63) is 29.8 Å². The van der Waals surface area contributed by atoms with Crippen molar-refractivity contribution in [2.24, 2.45) is 5.92 Å². The number of anilines is 1. The van der Waals surface area contributed by atoms with Gasteiger partial charge < -0.3 is 10.6 Å². The van der Waals surface area contributed by atoms with Gasteiger partial charge in [-0.25, -0.2) is 12.7 Å². The highest BCUT2D eigenvalue weighted by atomic mass is 32.2. The Morgan fingerprint density at radius 3 is 2.65 bits per heavy atom. The summed E-state index contributed by atoms with van der Waals surface area (Å²) >= 11 is 0. The van der Waals surface area contributed by atoms with E-state index in [1.807, 2.05) is 13.8 Å². The molecule has 26 heavy (non-hydrogen) atoms. The average molecular weight is 381 g/mol. The first-order valence-electron chi connectivity index (χ1n) is 8.88. The molecule has 0 unspecified atom stereocenters. The number of nitrogens with zero attached hydrogens (tertiary/aromatic N) is 1. The molecule has 0 aromatic heterocycles. The van der Waals surface area contributed by atoms with Gasteiger partial charge >= 0.3 is 0 Å². The highest BCUT2D eigenvalue weighted by Crippen LogP contribution is 2.22. The second-order valence-corrected chi connectivity index (χ2v) is 8.76. The highest BCUT2D eigenvalue weighted by molar-refractivity contribution is 7.88. The van der Waals surface area contributed by atoms with E-state index in [0.717, 1.165) is 12.7 Å². The number of nitrogens with one attached hydrogen (secondary N) is 2. The zero-order valence-electron chi connectivity index (χ0n) is 15.5. The van der Waals surface area contributed by atoms with Crippen LogP contribution in [0.15, 0.2) is 24.3 Å². The number of carbonyl (C=O) groups is 2. The molecule has 2 N–H and O–H groups in total. The molecular weight excluding hydrogens is 354 g/mol. The number of benzene rings is 1. The first kappa shape index (κ1) is 20.4. The molecule has 1 fully saturated rings. The summed E-state index contributed by atoms with van der Waals surface area (Å²) < 4.78 is 24.8. The Labute approximate surface area is 155 Å². The third-order valence-corrected chi connectivity index (χ3v) is 5.91. The Kier molecular flexibility index (Phi) is 6.77. The van der Waals surface area contributed by atoms with Crippen LogP contribution in [0, 0.1) is 5.92 Å². The predicted molar refractivity (Wildman–Crippen MR) is 101 cm³/mol. The second kappa shape index (κ2) is 8.64. The largest absolute Gasteiger partial charge is 0.350 e. The summed E-state index contributed by atoms with van der Waals surface area (Å²) in [7, 11) is -3.31. The van der Waals surface area contributed by atoms with E-state index in [-0.39, 0.29) is 24.4 Å². The lowest BCUT2D eigenvalue weighted by atomic mass is 9.98. The molecule has 7 nitrogen and oxygen atoms in total. The van der Waals surface area contributed by atoms with Gasteiger partial charge in [-0.05, 0) is 38.3 Å². The summed E-state index contributed by atoms with van der Waals surface area (Å²) in [5, 5.41) is 5.69. The number of rotatable bonds is 6. The van der Waals surface area contributed by atoms with Crippen LogP contribution in [0.2, 0.25) is 0 Å². The Morgan fingerprint density at radius 2 is 2.00 bits per heavy atom. The van der Waals surface area contributed by atoms with Gasteiger partial charge in [0.1, 0.15) is 0 Å². The van der Waals surface area contributed by atoms with Gasteiger partial charge in [0.2, 0.25) is 15.9 Å². The minimum absolute atomic E-state index is 0.0351. The Morgan fingerprint density at radius 1 is 1.31 bits per heavy atom. The van der Waals surface area contributed by atoms with Crippen LogP contribution in [-0.2, 0) is 14.8 Å². The third kappa shape index (κ3) is 5.28.